The third-order valence-electron chi connectivity index (χ3n) is 9.16. The van der Waals surface area contributed by atoms with E-state index in [1.165, 1.54) is 57.8 Å². The Bertz CT molecular complexity index is 845. The number of fused-ring (bicyclic) bond motifs is 1. The summed E-state index contributed by atoms with van der Waals surface area (Å²) in [5.41, 5.74) is 0. The van der Waals surface area contributed by atoms with Crippen LogP contribution in [0.1, 0.15) is 96.8 Å². The summed E-state index contributed by atoms with van der Waals surface area (Å²) in [5.74, 6) is -1.71. The molecule has 3 aliphatic rings. The SMILES string of the molecule is CCCCCC1CCC(C2CCC3C(CCCC3C(=O)Oc3cc(F)c(OC(F)F)c(F)c3)C2)CC1. The van der Waals surface area contributed by atoms with Gasteiger partial charge in [-0.3, -0.25) is 4.79 Å². The molecule has 0 aromatic heterocycles. The standard InChI is InChI=1S/C29H40F4O3/c1-2-3-4-6-18-9-11-19(12-10-18)20-13-14-23-21(15-20)7-5-8-24(23)28(34)35-22-16-25(30)27(26(31)17-22)36-29(32)33/h16-21,23-24,29H,2-15H2,1H3. The number of halogens is 4. The molecule has 4 rings (SSSR count). The van der Waals surface area contributed by atoms with Gasteiger partial charge in [0.25, 0.3) is 0 Å². The number of alkyl halides is 2. The van der Waals surface area contributed by atoms with Crippen molar-refractivity contribution in [1.29, 1.82) is 0 Å². The average molecular weight is 513 g/mol. The Hall–Kier alpha value is -1.79. The molecular formula is C29H40F4O3. The van der Waals surface area contributed by atoms with Crippen molar-refractivity contribution in [3.8, 4) is 11.5 Å². The lowest BCUT2D eigenvalue weighted by Gasteiger charge is -2.46. The molecule has 0 amide bonds. The van der Waals surface area contributed by atoms with Gasteiger partial charge in [0.1, 0.15) is 5.75 Å². The van der Waals surface area contributed by atoms with Crippen molar-refractivity contribution >= 4 is 5.97 Å². The van der Waals surface area contributed by atoms with Gasteiger partial charge in [0.05, 0.1) is 5.92 Å². The molecule has 7 heteroatoms. The first kappa shape index (κ1) is 27.3. The lowest BCUT2D eigenvalue weighted by atomic mass is 9.59. The first-order chi connectivity index (χ1) is 17.4. The van der Waals surface area contributed by atoms with E-state index in [4.69, 9.17) is 4.74 Å². The Morgan fingerprint density at radius 2 is 1.61 bits per heavy atom. The van der Waals surface area contributed by atoms with Gasteiger partial charge in [0.2, 0.25) is 0 Å². The van der Waals surface area contributed by atoms with Gasteiger partial charge >= 0.3 is 12.6 Å². The summed E-state index contributed by atoms with van der Waals surface area (Å²) < 4.78 is 62.1. The first-order valence-electron chi connectivity index (χ1n) is 14.0. The fourth-order valence-corrected chi connectivity index (χ4v) is 7.34. The highest BCUT2D eigenvalue weighted by Crippen LogP contribution is 2.50. The van der Waals surface area contributed by atoms with Gasteiger partial charge in [-0.05, 0) is 68.1 Å². The third kappa shape index (κ3) is 6.74. The molecule has 4 unspecified atom stereocenters. The molecular weight excluding hydrogens is 472 g/mol. The molecule has 0 spiro atoms. The van der Waals surface area contributed by atoms with E-state index >= 15 is 0 Å². The van der Waals surface area contributed by atoms with E-state index in [-0.39, 0.29) is 17.6 Å². The molecule has 3 nitrogen and oxygen atoms in total. The predicted octanol–water partition coefficient (Wildman–Crippen LogP) is 8.69. The van der Waals surface area contributed by atoms with Crippen LogP contribution in [0.15, 0.2) is 12.1 Å². The zero-order valence-corrected chi connectivity index (χ0v) is 21.3. The highest BCUT2D eigenvalue weighted by atomic mass is 19.3. The molecule has 0 radical (unpaired) electrons. The lowest BCUT2D eigenvalue weighted by molar-refractivity contribution is -0.144. The van der Waals surface area contributed by atoms with E-state index in [9.17, 15) is 22.4 Å². The van der Waals surface area contributed by atoms with Crippen LogP contribution in [0.25, 0.3) is 0 Å². The number of hydrogen-bond acceptors (Lipinski definition) is 3. The fraction of sp³-hybridized carbons (Fsp3) is 0.759. The Balaban J connectivity index is 1.31. The maximum atomic E-state index is 14.1. The quantitative estimate of drug-likeness (QED) is 0.144. The number of hydrogen-bond donors (Lipinski definition) is 0. The van der Waals surface area contributed by atoms with E-state index in [2.05, 4.69) is 11.7 Å². The smallest absolute Gasteiger partial charge is 0.387 e. The summed E-state index contributed by atoms with van der Waals surface area (Å²) in [7, 11) is 0. The van der Waals surface area contributed by atoms with Crippen molar-refractivity contribution in [2.75, 3.05) is 0 Å². The van der Waals surface area contributed by atoms with Crippen LogP contribution in [-0.2, 0) is 4.79 Å². The molecule has 1 aromatic rings. The summed E-state index contributed by atoms with van der Waals surface area (Å²) in [6.45, 7) is -1.09. The van der Waals surface area contributed by atoms with Gasteiger partial charge in [0.15, 0.2) is 17.4 Å². The Kier molecular flexibility index (Phi) is 9.57. The van der Waals surface area contributed by atoms with Gasteiger partial charge in [-0.15, -0.1) is 0 Å². The Labute approximate surface area is 212 Å². The second kappa shape index (κ2) is 12.6. The molecule has 0 heterocycles. The average Bonchev–Trinajstić information content (AvgIpc) is 2.86. The lowest BCUT2D eigenvalue weighted by Crippen LogP contribution is -2.40. The van der Waals surface area contributed by atoms with Crippen molar-refractivity contribution < 1.29 is 31.8 Å². The largest absolute Gasteiger partial charge is 0.429 e. The number of carbonyl (C=O) groups excluding carboxylic acids is 1. The van der Waals surface area contributed by atoms with E-state index in [0.717, 1.165) is 55.6 Å². The van der Waals surface area contributed by atoms with Gasteiger partial charge in [-0.1, -0.05) is 58.3 Å². The molecule has 3 aliphatic carbocycles. The fourth-order valence-electron chi connectivity index (χ4n) is 7.34. The predicted molar refractivity (Wildman–Crippen MR) is 130 cm³/mol. The van der Waals surface area contributed by atoms with Gasteiger partial charge in [-0.2, -0.15) is 8.78 Å². The van der Waals surface area contributed by atoms with E-state index in [0.29, 0.717) is 12.3 Å². The maximum absolute atomic E-state index is 14.1. The third-order valence-corrected chi connectivity index (χ3v) is 9.16. The minimum Gasteiger partial charge on any atom is -0.429 e. The molecule has 3 fully saturated rings. The monoisotopic (exact) mass is 512 g/mol. The van der Waals surface area contributed by atoms with Crippen molar-refractivity contribution in [2.45, 2.75) is 103 Å². The van der Waals surface area contributed by atoms with Crippen LogP contribution >= 0.6 is 0 Å². The van der Waals surface area contributed by atoms with Crippen LogP contribution in [-0.4, -0.2) is 12.6 Å². The van der Waals surface area contributed by atoms with Crippen LogP contribution in [0.3, 0.4) is 0 Å². The normalized spacial score (nSPS) is 30.6. The molecule has 0 saturated heterocycles. The summed E-state index contributed by atoms with van der Waals surface area (Å²) >= 11 is 0. The number of unbranched alkanes of at least 4 members (excludes halogenated alkanes) is 2. The van der Waals surface area contributed by atoms with E-state index < -0.39 is 30.0 Å². The molecule has 1 aromatic carbocycles. The number of ether oxygens (including phenoxy) is 2. The van der Waals surface area contributed by atoms with Crippen molar-refractivity contribution in [3.05, 3.63) is 23.8 Å². The molecule has 0 bridgehead atoms. The molecule has 4 atom stereocenters. The van der Waals surface area contributed by atoms with Crippen molar-refractivity contribution in [3.63, 3.8) is 0 Å². The highest BCUT2D eigenvalue weighted by molar-refractivity contribution is 5.75. The van der Waals surface area contributed by atoms with Crippen molar-refractivity contribution in [1.82, 2.24) is 0 Å². The number of carbonyl (C=O) groups is 1. The van der Waals surface area contributed by atoms with Crippen LogP contribution in [0.5, 0.6) is 11.5 Å². The molecule has 0 aliphatic heterocycles. The van der Waals surface area contributed by atoms with Crippen LogP contribution in [0.4, 0.5) is 17.6 Å². The summed E-state index contributed by atoms with van der Waals surface area (Å²) in [4.78, 5) is 13.0. The zero-order chi connectivity index (χ0) is 25.7. The molecule has 202 valence electrons. The molecule has 3 saturated carbocycles. The van der Waals surface area contributed by atoms with Crippen LogP contribution in [0, 0.1) is 47.1 Å². The summed E-state index contributed by atoms with van der Waals surface area (Å²) in [6, 6.07) is 1.46. The number of esters is 1. The van der Waals surface area contributed by atoms with Crippen LogP contribution in [0.2, 0.25) is 0 Å². The van der Waals surface area contributed by atoms with E-state index in [1.54, 1.807) is 0 Å². The molecule has 0 N–H and O–H groups in total. The van der Waals surface area contributed by atoms with Crippen LogP contribution < -0.4 is 9.47 Å². The highest BCUT2D eigenvalue weighted by Gasteiger charge is 2.43. The topological polar surface area (TPSA) is 35.5 Å². The summed E-state index contributed by atoms with van der Waals surface area (Å²) in [5, 5.41) is 0. The molecule has 36 heavy (non-hydrogen) atoms. The summed E-state index contributed by atoms with van der Waals surface area (Å²) in [6.07, 6.45) is 16.9. The maximum Gasteiger partial charge on any atom is 0.387 e. The van der Waals surface area contributed by atoms with Crippen molar-refractivity contribution in [2.24, 2.45) is 35.5 Å². The number of benzene rings is 1. The Morgan fingerprint density at radius 1 is 0.917 bits per heavy atom. The minimum atomic E-state index is -3.35. The zero-order valence-electron chi connectivity index (χ0n) is 21.3. The van der Waals surface area contributed by atoms with Gasteiger partial charge < -0.3 is 9.47 Å². The first-order valence-corrected chi connectivity index (χ1v) is 14.0. The minimum absolute atomic E-state index is 0.240. The van der Waals surface area contributed by atoms with Gasteiger partial charge in [-0.25, -0.2) is 8.78 Å². The Morgan fingerprint density at radius 3 is 2.28 bits per heavy atom. The van der Waals surface area contributed by atoms with E-state index in [1.807, 2.05) is 0 Å². The number of rotatable bonds is 9. The van der Waals surface area contributed by atoms with Gasteiger partial charge in [0, 0.05) is 12.1 Å². The second-order valence-corrected chi connectivity index (χ2v) is 11.3. The second-order valence-electron chi connectivity index (χ2n) is 11.3.